The molecule has 0 aliphatic heterocycles. The van der Waals surface area contributed by atoms with Crippen LogP contribution < -0.4 is 52.8 Å². The van der Waals surface area contributed by atoms with Crippen molar-refractivity contribution in [1.29, 1.82) is 0 Å². The molecule has 1 aliphatic rings. The van der Waals surface area contributed by atoms with Gasteiger partial charge in [0.1, 0.15) is 0 Å². The fourth-order valence-electron chi connectivity index (χ4n) is 11.5. The first kappa shape index (κ1) is 63.5. The molecule has 0 radical (unpaired) electrons. The van der Waals surface area contributed by atoms with Crippen LogP contribution in [0.5, 0.6) is 0 Å². The SMILES string of the molecule is CCCCCCc1cc(CCCCCC)cc([Si](c2cc(CCCCCC)cc(CCCCCC)c2)(c2cc(CCCCCC)cc(CCCCCC)c2)C2C(C)=[C]([Ti+3])c3ccccc32)c1.[Cl-].[Cl-].[Cl-]. The Hall–Kier alpha value is -1.58. The van der Waals surface area contributed by atoms with Gasteiger partial charge in [-0.25, -0.2) is 0 Å². The molecule has 1 atom stereocenters. The molecule has 0 heterocycles. The van der Waals surface area contributed by atoms with Crippen molar-refractivity contribution in [3.8, 4) is 0 Å². The zero-order chi connectivity index (χ0) is 47.0. The van der Waals surface area contributed by atoms with Crippen molar-refractivity contribution in [2.45, 2.75) is 247 Å². The number of aryl methyl sites for hydroxylation is 6. The van der Waals surface area contributed by atoms with Crippen LogP contribution in [0.1, 0.15) is 253 Å². The first-order valence-electron chi connectivity index (χ1n) is 28.3. The van der Waals surface area contributed by atoms with Gasteiger partial charge in [0.2, 0.25) is 0 Å². The van der Waals surface area contributed by atoms with Crippen LogP contribution in [0, 0.1) is 0 Å². The minimum atomic E-state index is -2.92. The van der Waals surface area contributed by atoms with Gasteiger partial charge in [0.05, 0.1) is 0 Å². The summed E-state index contributed by atoms with van der Waals surface area (Å²) in [5.74, 6) is 0. The molecule has 1 aliphatic carbocycles. The minimum Gasteiger partial charge on any atom is -1.00 e. The maximum atomic E-state index is 2.82. The third kappa shape index (κ3) is 18.7. The van der Waals surface area contributed by atoms with E-state index >= 15 is 0 Å². The van der Waals surface area contributed by atoms with Crippen molar-refractivity contribution in [2.75, 3.05) is 0 Å². The third-order valence-electron chi connectivity index (χ3n) is 15.2. The van der Waals surface area contributed by atoms with Gasteiger partial charge in [-0.05, 0) is 0 Å². The summed E-state index contributed by atoms with van der Waals surface area (Å²) in [5.41, 5.74) is 14.6. The number of fused-ring (bicyclic) bond motifs is 1. The van der Waals surface area contributed by atoms with Gasteiger partial charge >= 0.3 is 382 Å². The van der Waals surface area contributed by atoms with E-state index in [0.717, 1.165) is 0 Å². The van der Waals surface area contributed by atoms with Crippen molar-refractivity contribution in [3.05, 3.63) is 129 Å². The number of halogens is 3. The Balaban J connectivity index is 0.00000544. The van der Waals surface area contributed by atoms with E-state index in [0.29, 0.717) is 5.54 Å². The Morgan fingerprint density at radius 3 is 0.884 bits per heavy atom. The molecule has 0 bridgehead atoms. The molecule has 69 heavy (non-hydrogen) atoms. The van der Waals surface area contributed by atoms with E-state index in [2.05, 4.69) is 148 Å². The van der Waals surface area contributed by atoms with E-state index < -0.39 is 8.07 Å². The van der Waals surface area contributed by atoms with Gasteiger partial charge < -0.3 is 37.2 Å². The molecule has 4 aromatic rings. The van der Waals surface area contributed by atoms with Gasteiger partial charge in [-0.3, -0.25) is 0 Å². The number of rotatable bonds is 34. The topological polar surface area (TPSA) is 0 Å². The standard InChI is InChI=1S/C64H95Si.3ClH.Ti/c1-8-14-20-26-34-53-43-54(35-27-21-15-9-2)47-60(46-53)65(64-52(7)42-59-40-32-33-41-63(59)64,61-48-55(36-28-22-16-10-3)44-56(49-61)37-29-23-17-11-4)62-50-57(38-30-24-18-12-5)45-58(51-62)39-31-25-19-13-6;;;;/h32-33,40-41,43-51,64H,8-31,34-39H2,1-7H3;3*1H;/q;;;;+3/p-3. The maximum absolute atomic E-state index is 2.92. The molecule has 0 saturated heterocycles. The Labute approximate surface area is 457 Å². The van der Waals surface area contributed by atoms with E-state index in [4.69, 9.17) is 0 Å². The fourth-order valence-corrected chi connectivity index (χ4v) is 18.3. The van der Waals surface area contributed by atoms with Crippen molar-refractivity contribution >= 4 is 27.5 Å². The summed E-state index contributed by atoms with van der Waals surface area (Å²) < 4.78 is 1.52. The van der Waals surface area contributed by atoms with Gasteiger partial charge in [0.15, 0.2) is 0 Å². The number of allylic oxidation sites excluding steroid dienone is 1. The number of unbranched alkanes of at least 4 members (excludes halogenated alkanes) is 18. The predicted octanol–water partition coefficient (Wildman–Crippen LogP) is 8.52. The van der Waals surface area contributed by atoms with Crippen molar-refractivity contribution in [2.24, 2.45) is 0 Å². The van der Waals surface area contributed by atoms with Gasteiger partial charge in [-0.2, -0.15) is 0 Å². The molecule has 1 unspecified atom stereocenters. The monoisotopic (exact) mass is 1040 g/mol. The molecule has 5 heteroatoms. The van der Waals surface area contributed by atoms with E-state index in [1.54, 1.807) is 60.1 Å². The Bertz CT molecular complexity index is 1790. The van der Waals surface area contributed by atoms with Crippen LogP contribution >= 0.6 is 0 Å². The molecule has 0 nitrogen and oxygen atoms in total. The summed E-state index contributed by atoms with van der Waals surface area (Å²) in [4.78, 5) is 0. The van der Waals surface area contributed by atoms with Crippen molar-refractivity contribution in [1.82, 2.24) is 0 Å². The Kier molecular flexibility index (Phi) is 32.7. The van der Waals surface area contributed by atoms with E-state index in [1.165, 1.54) is 202 Å². The molecule has 0 fully saturated rings. The normalized spacial score (nSPS) is 13.3. The molecule has 380 valence electrons. The maximum Gasteiger partial charge on any atom is -1.00 e. The molecule has 0 amide bonds. The summed E-state index contributed by atoms with van der Waals surface area (Å²) >= 11 is 2.46. The van der Waals surface area contributed by atoms with Crippen LogP contribution in [0.2, 0.25) is 0 Å². The first-order valence-corrected chi connectivity index (χ1v) is 31.1. The smallest absolute Gasteiger partial charge is 1.00 e. The summed E-state index contributed by atoms with van der Waals surface area (Å²) in [6.07, 6.45) is 38.6. The fraction of sp³-hybridized carbons (Fsp3) is 0.594. The second kappa shape index (κ2) is 35.6. The quantitative estimate of drug-likeness (QED) is 0.0250. The van der Waals surface area contributed by atoms with Crippen molar-refractivity contribution in [3.63, 3.8) is 0 Å². The molecule has 0 spiro atoms. The molecule has 0 aromatic heterocycles. The van der Waals surface area contributed by atoms with Gasteiger partial charge in [-0.15, -0.1) is 0 Å². The van der Waals surface area contributed by atoms with E-state index in [1.807, 2.05) is 0 Å². The largest absolute Gasteiger partial charge is 1.00 e. The molecule has 0 saturated carbocycles. The van der Waals surface area contributed by atoms with Gasteiger partial charge in [0, 0.05) is 0 Å². The average molecular weight is 1050 g/mol. The predicted molar refractivity (Wildman–Crippen MR) is 293 cm³/mol. The van der Waals surface area contributed by atoms with E-state index in [9.17, 15) is 0 Å². The van der Waals surface area contributed by atoms with E-state index in [-0.39, 0.29) is 37.2 Å². The summed E-state index contributed by atoms with van der Waals surface area (Å²) in [7, 11) is -2.92. The summed E-state index contributed by atoms with van der Waals surface area (Å²) in [6, 6.07) is 34.6. The second-order valence-corrected chi connectivity index (χ2v) is 25.6. The zero-order valence-corrected chi connectivity index (χ0v) is 49.8. The van der Waals surface area contributed by atoms with Crippen LogP contribution in [0.4, 0.5) is 0 Å². The third-order valence-corrected chi connectivity index (χ3v) is 21.5. The van der Waals surface area contributed by atoms with Gasteiger partial charge in [0.25, 0.3) is 0 Å². The number of benzene rings is 4. The van der Waals surface area contributed by atoms with Crippen LogP contribution in [0.25, 0.3) is 3.88 Å². The second-order valence-electron chi connectivity index (χ2n) is 20.9. The average Bonchev–Trinajstić information content (AvgIpc) is 3.58. The van der Waals surface area contributed by atoms with Crippen LogP contribution in [-0.2, 0) is 59.0 Å². The summed E-state index contributed by atoms with van der Waals surface area (Å²) in [6.45, 7) is 16.7. The molecular formula is C64H95Cl3SiTi. The zero-order valence-electron chi connectivity index (χ0n) is 44.9. The first-order chi connectivity index (χ1) is 32.3. The minimum absolute atomic E-state index is 0. The molecule has 0 N–H and O–H groups in total. The molecular weight excluding hydrogens is 951 g/mol. The van der Waals surface area contributed by atoms with Crippen LogP contribution in [-0.4, -0.2) is 8.07 Å². The Morgan fingerprint density at radius 2 is 0.623 bits per heavy atom. The van der Waals surface area contributed by atoms with Gasteiger partial charge in [-0.1, -0.05) is 41.5 Å². The Morgan fingerprint density at radius 1 is 0.362 bits per heavy atom. The molecule has 5 rings (SSSR count). The summed E-state index contributed by atoms with van der Waals surface area (Å²) in [5, 5.41) is 5.07. The number of hydrogen-bond acceptors (Lipinski definition) is 0. The molecule has 4 aromatic carbocycles. The van der Waals surface area contributed by atoms with Crippen molar-refractivity contribution < 1.29 is 57.7 Å². The number of hydrogen-bond donors (Lipinski definition) is 0. The van der Waals surface area contributed by atoms with Crippen LogP contribution in [0.3, 0.4) is 0 Å². The van der Waals surface area contributed by atoms with Crippen LogP contribution in [0.15, 0.2) is 84.4 Å².